The van der Waals surface area contributed by atoms with Gasteiger partial charge in [0, 0.05) is 10.6 Å². The van der Waals surface area contributed by atoms with Gasteiger partial charge in [-0.05, 0) is 67.4 Å². The first-order chi connectivity index (χ1) is 21.4. The predicted octanol–water partition coefficient (Wildman–Crippen LogP) is 7.31. The van der Waals surface area contributed by atoms with Gasteiger partial charge in [0.05, 0.1) is 35.0 Å². The molecule has 228 valence electrons. The lowest BCUT2D eigenvalue weighted by Crippen LogP contribution is -2.29. The Balaban J connectivity index is 1.49. The largest absolute Gasteiger partial charge is 0.507 e. The van der Waals surface area contributed by atoms with Crippen LogP contribution >= 0.6 is 22.9 Å². The second kappa shape index (κ2) is 12.8. The van der Waals surface area contributed by atoms with Crippen molar-refractivity contribution in [1.82, 2.24) is 4.98 Å². The van der Waals surface area contributed by atoms with Crippen LogP contribution < -0.4 is 23.8 Å². The smallest absolute Gasteiger partial charge is 0.301 e. The first-order valence-corrected chi connectivity index (χ1v) is 15.8. The number of aliphatic hydroxyl groups excluding tert-OH is 1. The van der Waals surface area contributed by atoms with Crippen molar-refractivity contribution >= 4 is 55.7 Å². The number of hydrogen-bond acceptors (Lipinski definition) is 9. The maximum atomic E-state index is 13.8. The molecule has 0 spiro atoms. The van der Waals surface area contributed by atoms with Crippen LogP contribution in [-0.2, 0) is 9.59 Å². The number of nitrogens with zero attached hydrogens (tertiary/aromatic N) is 2. The number of ether oxygens (including phenoxy) is 4. The SMILES string of the molecule is CCCCCOc1ccc([C@H]2C(=C(O)c3ccc4c(c3)OCCO4)C(=O)C(=O)N2c2nc3ccc(Cl)cc3s2)cc1OCC. The maximum absolute atomic E-state index is 13.8. The number of Topliss-reactive ketones (excluding diaryl/α,β-unsaturated/α-hetero) is 1. The van der Waals surface area contributed by atoms with Crippen molar-refractivity contribution in [2.75, 3.05) is 31.3 Å². The van der Waals surface area contributed by atoms with Crippen molar-refractivity contribution in [3.8, 4) is 23.0 Å². The average Bonchev–Trinajstić information content (AvgIpc) is 3.56. The van der Waals surface area contributed by atoms with Crippen molar-refractivity contribution in [3.05, 3.63) is 76.3 Å². The summed E-state index contributed by atoms with van der Waals surface area (Å²) in [7, 11) is 0. The van der Waals surface area contributed by atoms with Gasteiger partial charge in [0.15, 0.2) is 28.1 Å². The number of fused-ring (bicyclic) bond motifs is 2. The summed E-state index contributed by atoms with van der Waals surface area (Å²) in [5.74, 6) is 0.0308. The Morgan fingerprint density at radius 1 is 1.00 bits per heavy atom. The number of carbonyl (C=O) groups is 2. The van der Waals surface area contributed by atoms with Crippen LogP contribution in [0.25, 0.3) is 16.0 Å². The van der Waals surface area contributed by atoms with Gasteiger partial charge in [-0.3, -0.25) is 14.5 Å². The number of hydrogen-bond donors (Lipinski definition) is 1. The van der Waals surface area contributed by atoms with Crippen molar-refractivity contribution in [1.29, 1.82) is 0 Å². The molecule has 6 rings (SSSR count). The Bertz CT molecular complexity index is 1770. The fraction of sp³-hybridized carbons (Fsp3) is 0.303. The highest BCUT2D eigenvalue weighted by Crippen LogP contribution is 2.46. The second-order valence-corrected chi connectivity index (χ2v) is 11.8. The molecule has 1 N–H and O–H groups in total. The first kappa shape index (κ1) is 29.8. The molecule has 0 aliphatic carbocycles. The molecule has 9 nitrogen and oxygen atoms in total. The van der Waals surface area contributed by atoms with Crippen LogP contribution in [0.1, 0.15) is 50.3 Å². The summed E-state index contributed by atoms with van der Waals surface area (Å²) in [5.41, 5.74) is 1.41. The molecule has 44 heavy (non-hydrogen) atoms. The molecule has 1 aromatic heterocycles. The molecule has 2 aliphatic rings. The van der Waals surface area contributed by atoms with Gasteiger partial charge < -0.3 is 24.1 Å². The van der Waals surface area contributed by atoms with Gasteiger partial charge in [-0.2, -0.15) is 0 Å². The number of anilines is 1. The summed E-state index contributed by atoms with van der Waals surface area (Å²) in [5, 5.41) is 12.5. The number of carbonyl (C=O) groups excluding carboxylic acids is 2. The summed E-state index contributed by atoms with van der Waals surface area (Å²) in [4.78, 5) is 33.5. The molecule has 1 amide bonds. The van der Waals surface area contributed by atoms with Gasteiger partial charge in [0.2, 0.25) is 0 Å². The molecular weight excluding hydrogens is 604 g/mol. The topological polar surface area (TPSA) is 107 Å². The van der Waals surface area contributed by atoms with Crippen LogP contribution in [-0.4, -0.2) is 48.2 Å². The third-order valence-electron chi connectivity index (χ3n) is 7.39. The maximum Gasteiger partial charge on any atom is 0.301 e. The lowest BCUT2D eigenvalue weighted by molar-refractivity contribution is -0.132. The Labute approximate surface area is 263 Å². The fourth-order valence-electron chi connectivity index (χ4n) is 5.30. The van der Waals surface area contributed by atoms with E-state index >= 15 is 0 Å². The van der Waals surface area contributed by atoms with Crippen molar-refractivity contribution in [2.45, 2.75) is 39.2 Å². The fourth-order valence-corrected chi connectivity index (χ4v) is 6.57. The number of unbranched alkanes of at least 4 members (excludes halogenated alkanes) is 2. The minimum Gasteiger partial charge on any atom is -0.507 e. The van der Waals surface area contributed by atoms with E-state index in [1.807, 2.05) is 6.92 Å². The summed E-state index contributed by atoms with van der Waals surface area (Å²) < 4.78 is 24.0. The minimum absolute atomic E-state index is 0.0805. The van der Waals surface area contributed by atoms with E-state index in [1.54, 1.807) is 54.6 Å². The third-order valence-corrected chi connectivity index (χ3v) is 8.65. The Kier molecular flexibility index (Phi) is 8.63. The van der Waals surface area contributed by atoms with Crippen molar-refractivity contribution in [3.63, 3.8) is 0 Å². The molecule has 11 heteroatoms. The quantitative estimate of drug-likeness (QED) is 0.0837. The van der Waals surface area contributed by atoms with Crippen LogP contribution in [0.15, 0.2) is 60.2 Å². The summed E-state index contributed by atoms with van der Waals surface area (Å²) in [6.07, 6.45) is 3.02. The van der Waals surface area contributed by atoms with Crippen LogP contribution in [0, 0.1) is 0 Å². The van der Waals surface area contributed by atoms with E-state index in [9.17, 15) is 14.7 Å². The number of rotatable bonds is 10. The third kappa shape index (κ3) is 5.67. The standard InChI is InChI=1S/C33H31ClN2O7S/c1-3-5-6-13-41-23-11-7-19(16-25(23)40-4-2)29-28(30(37)20-8-12-24-26(17-20)43-15-14-42-24)31(38)32(39)36(29)33-35-22-10-9-21(34)18-27(22)44-33/h7-12,16-18,29,37H,3-6,13-15H2,1-2H3/t29-/m0/s1. The molecule has 3 heterocycles. The highest BCUT2D eigenvalue weighted by molar-refractivity contribution is 7.22. The zero-order valence-electron chi connectivity index (χ0n) is 24.3. The second-order valence-electron chi connectivity index (χ2n) is 10.3. The molecule has 0 bridgehead atoms. The number of thiazole rings is 1. The van der Waals surface area contributed by atoms with Gasteiger partial charge in [-0.25, -0.2) is 4.98 Å². The average molecular weight is 635 g/mol. The molecule has 3 aromatic carbocycles. The van der Waals surface area contributed by atoms with E-state index in [-0.39, 0.29) is 11.3 Å². The number of halogens is 1. The predicted molar refractivity (Wildman–Crippen MR) is 169 cm³/mol. The van der Waals surface area contributed by atoms with E-state index in [2.05, 4.69) is 11.9 Å². The number of amides is 1. The van der Waals surface area contributed by atoms with Crippen LogP contribution in [0.3, 0.4) is 0 Å². The van der Waals surface area contributed by atoms with Gasteiger partial charge in [0.25, 0.3) is 5.78 Å². The zero-order chi connectivity index (χ0) is 30.8. The van der Waals surface area contributed by atoms with Gasteiger partial charge in [-0.1, -0.05) is 48.8 Å². The Morgan fingerprint density at radius 2 is 1.82 bits per heavy atom. The number of aromatic nitrogens is 1. The van der Waals surface area contributed by atoms with E-state index < -0.39 is 17.7 Å². The molecule has 1 atom stereocenters. The summed E-state index contributed by atoms with van der Waals surface area (Å²) in [6.45, 7) is 5.68. The van der Waals surface area contributed by atoms with Gasteiger partial charge in [-0.15, -0.1) is 0 Å². The van der Waals surface area contributed by atoms with E-state index in [1.165, 1.54) is 16.2 Å². The van der Waals surface area contributed by atoms with Crippen LogP contribution in [0.5, 0.6) is 23.0 Å². The van der Waals surface area contributed by atoms with Crippen LogP contribution in [0.2, 0.25) is 5.02 Å². The minimum atomic E-state index is -1.01. The Hall–Kier alpha value is -4.28. The lowest BCUT2D eigenvalue weighted by Gasteiger charge is -2.24. The van der Waals surface area contributed by atoms with Crippen molar-refractivity contribution in [2.24, 2.45) is 0 Å². The molecular formula is C33H31ClN2O7S. The molecule has 1 saturated heterocycles. The Morgan fingerprint density at radius 3 is 2.61 bits per heavy atom. The van der Waals surface area contributed by atoms with E-state index in [0.29, 0.717) is 76.2 Å². The van der Waals surface area contributed by atoms with Crippen LogP contribution in [0.4, 0.5) is 5.13 Å². The highest BCUT2D eigenvalue weighted by atomic mass is 35.5. The van der Waals surface area contributed by atoms with E-state index in [0.717, 1.165) is 24.0 Å². The number of ketones is 1. The number of aliphatic hydroxyl groups is 1. The molecule has 4 aromatic rings. The monoisotopic (exact) mass is 634 g/mol. The molecule has 0 saturated carbocycles. The normalized spacial score (nSPS) is 17.3. The summed E-state index contributed by atoms with van der Waals surface area (Å²) >= 11 is 7.46. The molecule has 1 fully saturated rings. The van der Waals surface area contributed by atoms with E-state index in [4.69, 9.17) is 30.5 Å². The summed E-state index contributed by atoms with van der Waals surface area (Å²) in [6, 6.07) is 14.4. The van der Waals surface area contributed by atoms with Gasteiger partial charge >= 0.3 is 5.91 Å². The lowest BCUT2D eigenvalue weighted by atomic mass is 9.95. The molecule has 2 aliphatic heterocycles. The zero-order valence-corrected chi connectivity index (χ0v) is 25.9. The highest BCUT2D eigenvalue weighted by Gasteiger charge is 2.48. The van der Waals surface area contributed by atoms with Crippen molar-refractivity contribution < 1.29 is 33.6 Å². The van der Waals surface area contributed by atoms with Gasteiger partial charge in [0.1, 0.15) is 19.0 Å². The molecule has 0 unspecified atom stereocenters. The molecule has 0 radical (unpaired) electrons. The first-order valence-electron chi connectivity index (χ1n) is 14.6. The number of benzene rings is 3.